The Labute approximate surface area is 160 Å². The molecule has 1 fully saturated rings. The molecule has 0 spiro atoms. The van der Waals surface area contributed by atoms with E-state index in [2.05, 4.69) is 57.3 Å². The van der Waals surface area contributed by atoms with Crippen molar-refractivity contribution in [2.75, 3.05) is 0 Å². The number of amides is 1. The zero-order chi connectivity index (χ0) is 18.1. The van der Waals surface area contributed by atoms with Crippen molar-refractivity contribution < 1.29 is 9.32 Å². The van der Waals surface area contributed by atoms with E-state index >= 15 is 0 Å². The molecular formula is C20H18BrN3O2. The van der Waals surface area contributed by atoms with Gasteiger partial charge in [0, 0.05) is 23.0 Å². The summed E-state index contributed by atoms with van der Waals surface area (Å²) in [5, 5.41) is 4.10. The molecule has 3 aromatic rings. The Morgan fingerprint density at radius 2 is 1.88 bits per heavy atom. The fourth-order valence-corrected chi connectivity index (χ4v) is 3.43. The summed E-state index contributed by atoms with van der Waals surface area (Å²) in [5.41, 5.74) is 3.19. The van der Waals surface area contributed by atoms with Gasteiger partial charge < -0.3 is 9.42 Å². The summed E-state index contributed by atoms with van der Waals surface area (Å²) in [5.74, 6) is 1.17. The van der Waals surface area contributed by atoms with E-state index in [9.17, 15) is 4.79 Å². The summed E-state index contributed by atoms with van der Waals surface area (Å²) in [6.45, 7) is 2.61. The number of carbonyl (C=O) groups is 1. The van der Waals surface area contributed by atoms with Crippen molar-refractivity contribution in [3.63, 3.8) is 0 Å². The molecule has 1 aromatic heterocycles. The molecule has 6 heteroatoms. The van der Waals surface area contributed by atoms with E-state index in [0.29, 0.717) is 31.1 Å². The van der Waals surface area contributed by atoms with Crippen molar-refractivity contribution in [2.45, 2.75) is 32.4 Å². The van der Waals surface area contributed by atoms with Gasteiger partial charge in [0.25, 0.3) is 0 Å². The molecule has 132 valence electrons. The van der Waals surface area contributed by atoms with Crippen LogP contribution in [0.15, 0.2) is 57.5 Å². The van der Waals surface area contributed by atoms with E-state index in [4.69, 9.17) is 4.52 Å². The highest BCUT2D eigenvalue weighted by molar-refractivity contribution is 9.10. The largest absolute Gasteiger partial charge is 0.337 e. The van der Waals surface area contributed by atoms with Crippen LogP contribution in [0, 0.1) is 6.92 Å². The van der Waals surface area contributed by atoms with E-state index in [0.717, 1.165) is 15.6 Å². The lowest BCUT2D eigenvalue weighted by Gasteiger charge is -2.22. The number of nitrogens with zero attached hydrogens (tertiary/aromatic N) is 3. The lowest BCUT2D eigenvalue weighted by atomic mass is 10.1. The SMILES string of the molecule is Cc1ccc(CN2C(=O)CCC2c2nc(-c3ccc(Br)cc3)no2)cc1. The van der Waals surface area contributed by atoms with Crippen molar-refractivity contribution in [1.82, 2.24) is 15.0 Å². The number of carbonyl (C=O) groups excluding carboxylic acids is 1. The summed E-state index contributed by atoms with van der Waals surface area (Å²) in [4.78, 5) is 18.8. The average molecular weight is 412 g/mol. The number of hydrogen-bond acceptors (Lipinski definition) is 4. The maximum Gasteiger partial charge on any atom is 0.249 e. The molecule has 0 bridgehead atoms. The smallest absolute Gasteiger partial charge is 0.249 e. The van der Waals surface area contributed by atoms with Crippen molar-refractivity contribution >= 4 is 21.8 Å². The predicted octanol–water partition coefficient (Wildman–Crippen LogP) is 4.67. The summed E-state index contributed by atoms with van der Waals surface area (Å²) in [6, 6.07) is 15.8. The van der Waals surface area contributed by atoms with Gasteiger partial charge in [-0.1, -0.05) is 50.9 Å². The standard InChI is InChI=1S/C20H18BrN3O2/c1-13-2-4-14(5-3-13)12-24-17(10-11-18(24)25)20-22-19(23-26-20)15-6-8-16(21)9-7-15/h2-9,17H,10-12H2,1H3. The molecule has 4 rings (SSSR count). The van der Waals surface area contributed by atoms with Gasteiger partial charge >= 0.3 is 0 Å². The Morgan fingerprint density at radius 3 is 2.62 bits per heavy atom. The van der Waals surface area contributed by atoms with Gasteiger partial charge in [-0.05, 0) is 43.2 Å². The van der Waals surface area contributed by atoms with Crippen LogP contribution in [0.1, 0.15) is 35.9 Å². The first-order chi connectivity index (χ1) is 12.6. The summed E-state index contributed by atoms with van der Waals surface area (Å²) in [6.07, 6.45) is 1.21. The Balaban J connectivity index is 1.57. The van der Waals surface area contributed by atoms with E-state index < -0.39 is 0 Å². The maximum atomic E-state index is 12.4. The third-order valence-electron chi connectivity index (χ3n) is 4.63. The molecule has 1 saturated heterocycles. The van der Waals surface area contributed by atoms with Gasteiger partial charge in [0.2, 0.25) is 17.6 Å². The van der Waals surface area contributed by atoms with Crippen LogP contribution in [0.4, 0.5) is 0 Å². The molecule has 5 nitrogen and oxygen atoms in total. The van der Waals surface area contributed by atoms with Crippen molar-refractivity contribution in [1.29, 1.82) is 0 Å². The molecule has 1 aliphatic rings. The quantitative estimate of drug-likeness (QED) is 0.625. The lowest BCUT2D eigenvalue weighted by molar-refractivity contribution is -0.129. The monoisotopic (exact) mass is 411 g/mol. The zero-order valence-electron chi connectivity index (χ0n) is 14.4. The number of hydrogen-bond donors (Lipinski definition) is 0. The molecule has 2 aromatic carbocycles. The fourth-order valence-electron chi connectivity index (χ4n) is 3.17. The van der Waals surface area contributed by atoms with Crippen LogP contribution in [0.5, 0.6) is 0 Å². The van der Waals surface area contributed by atoms with Crippen LogP contribution in [0.2, 0.25) is 0 Å². The first-order valence-electron chi connectivity index (χ1n) is 8.55. The maximum absolute atomic E-state index is 12.4. The van der Waals surface area contributed by atoms with Crippen LogP contribution >= 0.6 is 15.9 Å². The highest BCUT2D eigenvalue weighted by atomic mass is 79.9. The van der Waals surface area contributed by atoms with Gasteiger partial charge in [0.05, 0.1) is 0 Å². The third kappa shape index (κ3) is 3.42. The Morgan fingerprint density at radius 1 is 1.15 bits per heavy atom. The number of halogens is 1. The van der Waals surface area contributed by atoms with Crippen molar-refractivity contribution in [3.05, 3.63) is 70.0 Å². The first kappa shape index (κ1) is 17.0. The Hall–Kier alpha value is -2.47. The molecule has 1 atom stereocenters. The first-order valence-corrected chi connectivity index (χ1v) is 9.34. The van der Waals surface area contributed by atoms with Crippen LogP contribution in [-0.4, -0.2) is 20.9 Å². The number of benzene rings is 2. The topological polar surface area (TPSA) is 59.2 Å². The van der Waals surface area contributed by atoms with Crippen LogP contribution in [0.25, 0.3) is 11.4 Å². The summed E-state index contributed by atoms with van der Waals surface area (Å²) in [7, 11) is 0. The molecule has 0 aliphatic carbocycles. The molecular weight excluding hydrogens is 394 g/mol. The third-order valence-corrected chi connectivity index (χ3v) is 5.16. The molecule has 0 N–H and O–H groups in total. The van der Waals surface area contributed by atoms with E-state index in [1.165, 1.54) is 5.56 Å². The molecule has 1 aliphatic heterocycles. The summed E-state index contributed by atoms with van der Waals surface area (Å²) < 4.78 is 6.50. The second-order valence-corrected chi connectivity index (χ2v) is 7.44. The van der Waals surface area contributed by atoms with Crippen LogP contribution in [0.3, 0.4) is 0 Å². The lowest BCUT2D eigenvalue weighted by Crippen LogP contribution is -2.27. The van der Waals surface area contributed by atoms with E-state index in [1.54, 1.807) is 0 Å². The minimum absolute atomic E-state index is 0.124. The molecule has 1 amide bonds. The molecule has 0 saturated carbocycles. The predicted molar refractivity (Wildman–Crippen MR) is 101 cm³/mol. The number of rotatable bonds is 4. The molecule has 0 radical (unpaired) electrons. The van der Waals surface area contributed by atoms with Gasteiger partial charge in [-0.25, -0.2) is 0 Å². The second-order valence-electron chi connectivity index (χ2n) is 6.52. The average Bonchev–Trinajstić information content (AvgIpc) is 3.25. The normalized spacial score (nSPS) is 17.1. The highest BCUT2D eigenvalue weighted by Gasteiger charge is 2.35. The van der Waals surface area contributed by atoms with Crippen molar-refractivity contribution in [3.8, 4) is 11.4 Å². The van der Waals surface area contributed by atoms with Gasteiger partial charge in [0.1, 0.15) is 6.04 Å². The molecule has 2 heterocycles. The van der Waals surface area contributed by atoms with Gasteiger partial charge in [-0.3, -0.25) is 4.79 Å². The van der Waals surface area contributed by atoms with Crippen LogP contribution < -0.4 is 0 Å². The van der Waals surface area contributed by atoms with Crippen molar-refractivity contribution in [2.24, 2.45) is 0 Å². The van der Waals surface area contributed by atoms with Gasteiger partial charge in [-0.15, -0.1) is 0 Å². The van der Waals surface area contributed by atoms with Gasteiger partial charge in [0.15, 0.2) is 0 Å². The summed E-state index contributed by atoms with van der Waals surface area (Å²) >= 11 is 3.42. The Bertz CT molecular complexity index is 919. The fraction of sp³-hybridized carbons (Fsp3) is 0.250. The molecule has 26 heavy (non-hydrogen) atoms. The Kier molecular flexibility index (Phi) is 4.59. The van der Waals surface area contributed by atoms with Gasteiger partial charge in [-0.2, -0.15) is 4.98 Å². The van der Waals surface area contributed by atoms with E-state index in [1.807, 2.05) is 29.2 Å². The highest BCUT2D eigenvalue weighted by Crippen LogP contribution is 2.34. The second kappa shape index (κ2) is 7.03. The van der Waals surface area contributed by atoms with Crippen LogP contribution in [-0.2, 0) is 11.3 Å². The minimum Gasteiger partial charge on any atom is -0.337 e. The minimum atomic E-state index is -0.166. The van der Waals surface area contributed by atoms with E-state index in [-0.39, 0.29) is 11.9 Å². The zero-order valence-corrected chi connectivity index (χ0v) is 15.9. The number of aromatic nitrogens is 2. The number of aryl methyl sites for hydroxylation is 1. The molecule has 1 unspecified atom stereocenters. The number of likely N-dealkylation sites (tertiary alicyclic amines) is 1.